The summed E-state index contributed by atoms with van der Waals surface area (Å²) < 4.78 is 2.04. The number of carbonyl (C=O) groups is 2. The van der Waals surface area contributed by atoms with E-state index in [0.29, 0.717) is 12.4 Å². The van der Waals surface area contributed by atoms with Crippen LogP contribution in [0.5, 0.6) is 0 Å². The Morgan fingerprint density at radius 3 is 2.58 bits per heavy atom. The molecule has 0 N–H and O–H groups in total. The first-order valence-corrected chi connectivity index (χ1v) is 9.24. The van der Waals surface area contributed by atoms with Gasteiger partial charge in [0.15, 0.2) is 0 Å². The number of aliphatic imine (C=N–C) groups is 1. The number of anilines is 1. The summed E-state index contributed by atoms with van der Waals surface area (Å²) in [6.45, 7) is 5.95. The summed E-state index contributed by atoms with van der Waals surface area (Å²) in [6.07, 6.45) is 1.94. The topological polar surface area (TPSA) is 59.2 Å². The number of amidine groups is 1. The minimum absolute atomic E-state index is 0.174. The molecule has 1 aromatic carbocycles. The van der Waals surface area contributed by atoms with Crippen molar-refractivity contribution in [3.8, 4) is 0 Å². The van der Waals surface area contributed by atoms with Crippen molar-refractivity contribution in [2.24, 2.45) is 4.99 Å². The number of carbonyl (C=O) groups excluding carboxylic acids is 2. The van der Waals surface area contributed by atoms with Crippen LogP contribution in [-0.2, 0) is 11.2 Å². The van der Waals surface area contributed by atoms with Crippen molar-refractivity contribution in [3.63, 3.8) is 0 Å². The second-order valence-corrected chi connectivity index (χ2v) is 6.82. The predicted molar refractivity (Wildman–Crippen MR) is 99.7 cm³/mol. The number of amides is 3. The molecular formula is C19H24N5O2+. The van der Waals surface area contributed by atoms with Crippen LogP contribution in [0.2, 0.25) is 0 Å². The van der Waals surface area contributed by atoms with Gasteiger partial charge >= 0.3 is 12.0 Å². The SMILES string of the molecule is CCc1ccc(N2CCC[N+]3=C2N=C2C3C(=O)N(CC)C(=O)N2C)cc1. The minimum Gasteiger partial charge on any atom is -0.270 e. The van der Waals surface area contributed by atoms with Gasteiger partial charge in [0, 0.05) is 20.0 Å². The van der Waals surface area contributed by atoms with E-state index in [9.17, 15) is 9.59 Å². The van der Waals surface area contributed by atoms with Crippen LogP contribution >= 0.6 is 0 Å². The van der Waals surface area contributed by atoms with E-state index in [4.69, 9.17) is 4.99 Å². The van der Waals surface area contributed by atoms with Crippen molar-refractivity contribution in [3.05, 3.63) is 29.8 Å². The fourth-order valence-electron chi connectivity index (χ4n) is 3.90. The van der Waals surface area contributed by atoms with E-state index in [0.717, 1.165) is 37.6 Å². The largest absolute Gasteiger partial charge is 0.397 e. The average Bonchev–Trinajstić information content (AvgIpc) is 3.07. The monoisotopic (exact) mass is 354 g/mol. The lowest BCUT2D eigenvalue weighted by Gasteiger charge is -2.34. The maximum Gasteiger partial charge on any atom is 0.397 e. The summed E-state index contributed by atoms with van der Waals surface area (Å²) in [7, 11) is 1.70. The summed E-state index contributed by atoms with van der Waals surface area (Å²) in [5, 5.41) is 0. The van der Waals surface area contributed by atoms with Gasteiger partial charge in [0.2, 0.25) is 11.9 Å². The Labute approximate surface area is 153 Å². The number of likely N-dealkylation sites (N-methyl/N-ethyl adjacent to an activating group) is 2. The third-order valence-electron chi connectivity index (χ3n) is 5.38. The van der Waals surface area contributed by atoms with E-state index >= 15 is 0 Å². The van der Waals surface area contributed by atoms with Crippen molar-refractivity contribution >= 4 is 29.4 Å². The van der Waals surface area contributed by atoms with E-state index in [-0.39, 0.29) is 11.9 Å². The molecule has 0 spiro atoms. The number of nitrogens with zero attached hydrogens (tertiary/aromatic N) is 5. The molecule has 0 aromatic heterocycles. The van der Waals surface area contributed by atoms with Gasteiger partial charge in [-0.2, -0.15) is 0 Å². The van der Waals surface area contributed by atoms with Crippen LogP contribution in [0.15, 0.2) is 29.3 Å². The van der Waals surface area contributed by atoms with Gasteiger partial charge in [-0.3, -0.25) is 14.6 Å². The number of fused-ring (bicyclic) bond motifs is 2. The van der Waals surface area contributed by atoms with E-state index in [1.165, 1.54) is 15.4 Å². The van der Waals surface area contributed by atoms with Crippen molar-refractivity contribution < 1.29 is 14.2 Å². The summed E-state index contributed by atoms with van der Waals surface area (Å²) in [5.74, 6) is 1.13. The zero-order valence-electron chi connectivity index (χ0n) is 15.5. The van der Waals surface area contributed by atoms with Gasteiger partial charge in [0.25, 0.3) is 5.91 Å². The third kappa shape index (κ3) is 2.34. The number of hydrogen-bond acceptors (Lipinski definition) is 4. The molecule has 0 aliphatic carbocycles. The Balaban J connectivity index is 1.75. The second kappa shape index (κ2) is 6.23. The van der Waals surface area contributed by atoms with Crippen molar-refractivity contribution in [1.82, 2.24) is 9.80 Å². The fourth-order valence-corrected chi connectivity index (χ4v) is 3.90. The van der Waals surface area contributed by atoms with Crippen LogP contribution in [0.25, 0.3) is 0 Å². The smallest absolute Gasteiger partial charge is 0.270 e. The highest BCUT2D eigenvalue weighted by Gasteiger charge is 2.53. The van der Waals surface area contributed by atoms with Gasteiger partial charge in [0.05, 0.1) is 13.1 Å². The number of aryl methyl sites for hydroxylation is 1. The lowest BCUT2D eigenvalue weighted by molar-refractivity contribution is -0.539. The molecule has 3 aliphatic rings. The average molecular weight is 354 g/mol. The molecule has 1 aromatic rings. The molecule has 0 radical (unpaired) electrons. The highest BCUT2D eigenvalue weighted by atomic mass is 16.2. The standard InChI is InChI=1S/C19H24N5O2/c1-4-13-7-9-14(10-8-13)23-11-6-12-24-15-16(20-18(23)24)21(3)19(26)22(5-2)17(15)25/h7-10,15H,4-6,11-12H2,1-3H3/q+1. The summed E-state index contributed by atoms with van der Waals surface area (Å²) in [4.78, 5) is 35.0. The lowest BCUT2D eigenvalue weighted by atomic mass is 10.1. The molecule has 1 saturated heterocycles. The molecule has 4 rings (SSSR count). The molecule has 1 atom stereocenters. The first-order chi connectivity index (χ1) is 12.6. The van der Waals surface area contributed by atoms with Crippen LogP contribution in [0.3, 0.4) is 0 Å². The molecule has 3 aliphatic heterocycles. The highest BCUT2D eigenvalue weighted by Crippen LogP contribution is 2.26. The molecule has 1 unspecified atom stereocenters. The molecule has 7 nitrogen and oxygen atoms in total. The van der Waals surface area contributed by atoms with Crippen LogP contribution < -0.4 is 4.90 Å². The highest BCUT2D eigenvalue weighted by molar-refractivity contribution is 6.24. The van der Waals surface area contributed by atoms with E-state index in [1.807, 2.05) is 11.5 Å². The minimum atomic E-state index is -0.495. The third-order valence-corrected chi connectivity index (χ3v) is 5.38. The zero-order valence-corrected chi connectivity index (χ0v) is 15.5. The molecule has 7 heteroatoms. The lowest BCUT2D eigenvalue weighted by Crippen LogP contribution is -2.63. The molecule has 136 valence electrons. The number of imide groups is 1. The Kier molecular flexibility index (Phi) is 4.01. The van der Waals surface area contributed by atoms with Gasteiger partial charge in [-0.15, -0.1) is 0 Å². The number of urea groups is 1. The summed E-state index contributed by atoms with van der Waals surface area (Å²) in [5.41, 5.74) is 2.36. The van der Waals surface area contributed by atoms with Gasteiger partial charge in [-0.05, 0) is 31.0 Å². The molecule has 26 heavy (non-hydrogen) atoms. The maximum atomic E-state index is 12.9. The van der Waals surface area contributed by atoms with E-state index in [2.05, 4.69) is 36.1 Å². The number of benzene rings is 1. The van der Waals surface area contributed by atoms with Gasteiger partial charge in [-0.25, -0.2) is 14.3 Å². The first kappa shape index (κ1) is 16.8. The Bertz CT molecular complexity index is 827. The van der Waals surface area contributed by atoms with Crippen molar-refractivity contribution in [1.29, 1.82) is 0 Å². The summed E-state index contributed by atoms with van der Waals surface area (Å²) >= 11 is 0. The zero-order chi connectivity index (χ0) is 18.4. The van der Waals surface area contributed by atoms with Crippen LogP contribution in [0.4, 0.5) is 10.5 Å². The van der Waals surface area contributed by atoms with Crippen molar-refractivity contribution in [2.45, 2.75) is 32.7 Å². The summed E-state index contributed by atoms with van der Waals surface area (Å²) in [6, 6.07) is 7.67. The number of rotatable bonds is 3. The van der Waals surface area contributed by atoms with Crippen molar-refractivity contribution in [2.75, 3.05) is 31.6 Å². The molecule has 0 saturated carbocycles. The van der Waals surface area contributed by atoms with E-state index in [1.54, 1.807) is 7.05 Å². The quantitative estimate of drug-likeness (QED) is 0.774. The molecule has 1 fully saturated rings. The first-order valence-electron chi connectivity index (χ1n) is 9.24. The van der Waals surface area contributed by atoms with Gasteiger partial charge < -0.3 is 0 Å². The predicted octanol–water partition coefficient (Wildman–Crippen LogP) is 1.52. The molecule has 3 heterocycles. The normalized spacial score (nSPS) is 22.7. The Morgan fingerprint density at radius 1 is 1.19 bits per heavy atom. The van der Waals surface area contributed by atoms with Crippen LogP contribution in [0.1, 0.15) is 25.8 Å². The van der Waals surface area contributed by atoms with Crippen LogP contribution in [0, 0.1) is 0 Å². The fraction of sp³-hybridized carbons (Fsp3) is 0.474. The number of guanidine groups is 1. The van der Waals surface area contributed by atoms with E-state index < -0.39 is 6.04 Å². The second-order valence-electron chi connectivity index (χ2n) is 6.82. The molecule has 3 amide bonds. The molecule has 0 bridgehead atoms. The maximum absolute atomic E-state index is 12.9. The van der Waals surface area contributed by atoms with Gasteiger partial charge in [-0.1, -0.05) is 24.0 Å². The number of hydrogen-bond donors (Lipinski definition) is 0. The Morgan fingerprint density at radius 2 is 1.92 bits per heavy atom. The van der Waals surface area contributed by atoms with Crippen LogP contribution in [-0.4, -0.2) is 70.8 Å². The Hall–Kier alpha value is -2.70. The molecular weight excluding hydrogens is 330 g/mol. The van der Waals surface area contributed by atoms with Gasteiger partial charge in [0.1, 0.15) is 5.69 Å².